The fourth-order valence-corrected chi connectivity index (χ4v) is 2.87. The molecule has 0 aliphatic carbocycles. The Hall–Kier alpha value is -1.82. The van der Waals surface area contributed by atoms with Gasteiger partial charge in [-0.25, -0.2) is 0 Å². The number of aryl methyl sites for hydroxylation is 2. The summed E-state index contributed by atoms with van der Waals surface area (Å²) in [6.45, 7) is 5.81. The number of benzene rings is 1. The maximum Gasteiger partial charge on any atom is 0.233 e. The smallest absolute Gasteiger partial charge is 0.233 e. The Morgan fingerprint density at radius 3 is 2.75 bits per heavy atom. The summed E-state index contributed by atoms with van der Waals surface area (Å²) in [6, 6.07) is 8.13. The van der Waals surface area contributed by atoms with Gasteiger partial charge in [-0.15, -0.1) is 10.2 Å². The number of carbonyl (C=O) groups is 1. The molecule has 1 aromatic heterocycles. The molecular weight excluding hydrogens is 272 g/mol. The van der Waals surface area contributed by atoms with Crippen molar-refractivity contribution in [3.63, 3.8) is 0 Å². The molecule has 1 amide bonds. The highest BCUT2D eigenvalue weighted by atomic mass is 32.2. The molecule has 1 N–H and O–H groups in total. The molecule has 0 aliphatic rings. The Kier molecular flexibility index (Phi) is 4.44. The zero-order valence-corrected chi connectivity index (χ0v) is 12.9. The van der Waals surface area contributed by atoms with Gasteiger partial charge < -0.3 is 5.32 Å². The average Bonchev–Trinajstić information content (AvgIpc) is 2.78. The van der Waals surface area contributed by atoms with E-state index >= 15 is 0 Å². The fraction of sp³-hybridized carbons (Fsp3) is 0.357. The van der Waals surface area contributed by atoms with E-state index in [0.29, 0.717) is 0 Å². The number of aromatic nitrogens is 3. The van der Waals surface area contributed by atoms with Crippen molar-refractivity contribution in [2.45, 2.75) is 31.2 Å². The number of hydrogen-bond donors (Lipinski definition) is 1. The third-order valence-corrected chi connectivity index (χ3v) is 4.00. The van der Waals surface area contributed by atoms with Crippen LogP contribution in [0.15, 0.2) is 29.4 Å². The van der Waals surface area contributed by atoms with Crippen molar-refractivity contribution in [1.82, 2.24) is 20.1 Å². The van der Waals surface area contributed by atoms with Gasteiger partial charge in [0.2, 0.25) is 5.91 Å². The van der Waals surface area contributed by atoms with Crippen LogP contribution in [-0.2, 0) is 4.79 Å². The first kappa shape index (κ1) is 14.6. The minimum Gasteiger partial charge on any atom is -0.358 e. The molecule has 1 atom stereocenters. The molecule has 0 bridgehead atoms. The lowest BCUT2D eigenvalue weighted by Gasteiger charge is -2.12. The predicted molar refractivity (Wildman–Crippen MR) is 80.2 cm³/mol. The van der Waals surface area contributed by atoms with Crippen molar-refractivity contribution in [1.29, 1.82) is 0 Å². The van der Waals surface area contributed by atoms with Crippen LogP contribution in [0.1, 0.15) is 18.3 Å². The van der Waals surface area contributed by atoms with Crippen LogP contribution in [0, 0.1) is 13.8 Å². The molecule has 1 heterocycles. The molecule has 0 saturated heterocycles. The van der Waals surface area contributed by atoms with E-state index in [1.807, 2.05) is 43.5 Å². The molecular formula is C14H18N4OS. The molecule has 1 aromatic carbocycles. The highest BCUT2D eigenvalue weighted by Gasteiger charge is 2.18. The minimum absolute atomic E-state index is 0.0218. The maximum absolute atomic E-state index is 11.6. The summed E-state index contributed by atoms with van der Waals surface area (Å²) >= 11 is 1.40. The highest BCUT2D eigenvalue weighted by Crippen LogP contribution is 2.25. The summed E-state index contributed by atoms with van der Waals surface area (Å²) in [5.74, 6) is 0.786. The topological polar surface area (TPSA) is 59.8 Å². The third-order valence-electron chi connectivity index (χ3n) is 2.95. The van der Waals surface area contributed by atoms with Crippen molar-refractivity contribution in [2.75, 3.05) is 7.05 Å². The highest BCUT2D eigenvalue weighted by molar-refractivity contribution is 8.00. The molecule has 2 rings (SSSR count). The summed E-state index contributed by atoms with van der Waals surface area (Å²) < 4.78 is 1.97. The van der Waals surface area contributed by atoms with E-state index in [9.17, 15) is 4.79 Å². The molecule has 0 unspecified atom stereocenters. The molecule has 20 heavy (non-hydrogen) atoms. The first-order valence-corrected chi connectivity index (χ1v) is 7.28. The van der Waals surface area contributed by atoms with E-state index in [2.05, 4.69) is 21.6 Å². The van der Waals surface area contributed by atoms with Gasteiger partial charge in [-0.3, -0.25) is 9.36 Å². The van der Waals surface area contributed by atoms with Crippen LogP contribution in [0.25, 0.3) is 5.69 Å². The van der Waals surface area contributed by atoms with Crippen LogP contribution < -0.4 is 5.32 Å². The Morgan fingerprint density at radius 2 is 2.10 bits per heavy atom. The molecule has 106 valence electrons. The van der Waals surface area contributed by atoms with E-state index in [0.717, 1.165) is 16.7 Å². The van der Waals surface area contributed by atoms with Crippen molar-refractivity contribution in [3.8, 4) is 5.69 Å². The summed E-state index contributed by atoms with van der Waals surface area (Å²) in [4.78, 5) is 11.6. The second kappa shape index (κ2) is 6.09. The lowest BCUT2D eigenvalue weighted by molar-refractivity contribution is -0.119. The van der Waals surface area contributed by atoms with Gasteiger partial charge in [0.05, 0.1) is 5.25 Å². The summed E-state index contributed by atoms with van der Waals surface area (Å²) in [5, 5.41) is 11.4. The first-order chi connectivity index (χ1) is 9.52. The Morgan fingerprint density at radius 1 is 1.35 bits per heavy atom. The lowest BCUT2D eigenvalue weighted by Crippen LogP contribution is -2.27. The summed E-state index contributed by atoms with van der Waals surface area (Å²) in [5.41, 5.74) is 2.19. The zero-order valence-electron chi connectivity index (χ0n) is 12.0. The van der Waals surface area contributed by atoms with Gasteiger partial charge in [-0.2, -0.15) is 0 Å². The molecule has 0 fully saturated rings. The van der Waals surface area contributed by atoms with Crippen molar-refractivity contribution in [2.24, 2.45) is 0 Å². The standard InChI is InChI=1S/C14H18N4OS/c1-9-6-5-7-12(8-9)18-11(3)16-17-14(18)20-10(2)13(19)15-4/h5-8,10H,1-4H3,(H,15,19)/t10-/m1/s1. The van der Waals surface area contributed by atoms with E-state index in [-0.39, 0.29) is 11.2 Å². The van der Waals surface area contributed by atoms with Gasteiger partial charge in [0.15, 0.2) is 5.16 Å². The predicted octanol–water partition coefficient (Wildman–Crippen LogP) is 2.11. The average molecular weight is 290 g/mol. The van der Waals surface area contributed by atoms with Gasteiger partial charge in [0.1, 0.15) is 5.82 Å². The SMILES string of the molecule is CNC(=O)[C@@H](C)Sc1nnc(C)n1-c1cccc(C)c1. The second-order valence-corrected chi connectivity index (χ2v) is 5.89. The number of nitrogens with one attached hydrogen (secondary N) is 1. The first-order valence-electron chi connectivity index (χ1n) is 6.40. The molecule has 5 nitrogen and oxygen atoms in total. The van der Waals surface area contributed by atoms with Crippen LogP contribution in [0.2, 0.25) is 0 Å². The number of rotatable bonds is 4. The third kappa shape index (κ3) is 3.01. The Bertz CT molecular complexity index is 623. The van der Waals surface area contributed by atoms with Crippen LogP contribution in [0.5, 0.6) is 0 Å². The molecule has 0 aliphatic heterocycles. The van der Waals surface area contributed by atoms with E-state index in [1.165, 1.54) is 17.3 Å². The van der Waals surface area contributed by atoms with Crippen LogP contribution in [0.4, 0.5) is 0 Å². The number of amides is 1. The van der Waals surface area contributed by atoms with Crippen molar-refractivity contribution >= 4 is 17.7 Å². The normalized spacial score (nSPS) is 12.2. The number of thioether (sulfide) groups is 1. The lowest BCUT2D eigenvalue weighted by atomic mass is 10.2. The Labute approximate surface area is 122 Å². The van der Waals surface area contributed by atoms with Gasteiger partial charge >= 0.3 is 0 Å². The second-order valence-electron chi connectivity index (χ2n) is 4.58. The number of nitrogens with zero attached hydrogens (tertiary/aromatic N) is 3. The molecule has 2 aromatic rings. The molecule has 0 spiro atoms. The summed E-state index contributed by atoms with van der Waals surface area (Å²) in [6.07, 6.45) is 0. The number of carbonyl (C=O) groups excluding carboxylic acids is 1. The minimum atomic E-state index is -0.216. The fourth-order valence-electron chi connectivity index (χ4n) is 1.90. The van der Waals surface area contributed by atoms with Gasteiger partial charge in [0, 0.05) is 12.7 Å². The van der Waals surface area contributed by atoms with E-state index in [1.54, 1.807) is 7.05 Å². The van der Waals surface area contributed by atoms with Crippen LogP contribution in [0.3, 0.4) is 0 Å². The van der Waals surface area contributed by atoms with Crippen LogP contribution in [-0.4, -0.2) is 33.0 Å². The number of hydrogen-bond acceptors (Lipinski definition) is 4. The molecule has 6 heteroatoms. The maximum atomic E-state index is 11.6. The monoisotopic (exact) mass is 290 g/mol. The summed E-state index contributed by atoms with van der Waals surface area (Å²) in [7, 11) is 1.63. The zero-order chi connectivity index (χ0) is 14.7. The van der Waals surface area contributed by atoms with E-state index in [4.69, 9.17) is 0 Å². The van der Waals surface area contributed by atoms with Gasteiger partial charge in [0.25, 0.3) is 0 Å². The largest absolute Gasteiger partial charge is 0.358 e. The molecule has 0 saturated carbocycles. The quantitative estimate of drug-likeness (QED) is 0.876. The van der Waals surface area contributed by atoms with Crippen LogP contribution >= 0.6 is 11.8 Å². The molecule has 0 radical (unpaired) electrons. The van der Waals surface area contributed by atoms with Gasteiger partial charge in [-0.05, 0) is 38.5 Å². The van der Waals surface area contributed by atoms with Gasteiger partial charge in [-0.1, -0.05) is 23.9 Å². The van der Waals surface area contributed by atoms with Crippen molar-refractivity contribution in [3.05, 3.63) is 35.7 Å². The Balaban J connectivity index is 2.35. The van der Waals surface area contributed by atoms with E-state index < -0.39 is 0 Å². The van der Waals surface area contributed by atoms with Crippen molar-refractivity contribution < 1.29 is 4.79 Å².